The Morgan fingerprint density at radius 3 is 1.36 bits per heavy atom. The summed E-state index contributed by atoms with van der Waals surface area (Å²) in [5, 5.41) is 0. The van der Waals surface area contributed by atoms with Crippen LogP contribution < -0.4 is 9.47 Å². The average molecular weight is 582 g/mol. The quantitative estimate of drug-likeness (QED) is 0.483. The van der Waals surface area contributed by atoms with Crippen molar-refractivity contribution in [2.24, 2.45) is 0 Å². The van der Waals surface area contributed by atoms with Crippen LogP contribution in [0.2, 0.25) is 0 Å². The molecule has 1 aliphatic heterocycles. The van der Waals surface area contributed by atoms with E-state index < -0.39 is 0 Å². The van der Waals surface area contributed by atoms with Crippen LogP contribution in [-0.2, 0) is 9.59 Å². The number of hydrogen-bond donors (Lipinski definition) is 0. The molecule has 0 bridgehead atoms. The van der Waals surface area contributed by atoms with Crippen LogP contribution in [-0.4, -0.2) is 61.0 Å². The summed E-state index contributed by atoms with van der Waals surface area (Å²) in [6.45, 7) is 10.0. The maximum atomic E-state index is 12.8. The summed E-state index contributed by atoms with van der Waals surface area (Å²) in [5.41, 5.74) is 3.94. The summed E-state index contributed by atoms with van der Waals surface area (Å²) >= 11 is 6.95. The largest absolute Gasteiger partial charge is 0.483 e. The van der Waals surface area contributed by atoms with Crippen molar-refractivity contribution in [3.63, 3.8) is 0 Å². The van der Waals surface area contributed by atoms with Gasteiger partial charge in [0.15, 0.2) is 13.2 Å². The Hall–Kier alpha value is -2.06. The Labute approximate surface area is 212 Å². The summed E-state index contributed by atoms with van der Waals surface area (Å²) in [4.78, 5) is 29.1. The Morgan fingerprint density at radius 2 is 1.03 bits per heavy atom. The van der Waals surface area contributed by atoms with E-state index >= 15 is 0 Å². The highest BCUT2D eigenvalue weighted by Gasteiger charge is 2.23. The first-order chi connectivity index (χ1) is 15.7. The van der Waals surface area contributed by atoms with Crippen molar-refractivity contribution in [3.8, 4) is 11.5 Å². The fraction of sp³-hybridized carbons (Fsp3) is 0.440. The second-order valence-electron chi connectivity index (χ2n) is 8.43. The molecule has 33 heavy (non-hydrogen) atoms. The molecule has 0 atom stereocenters. The minimum absolute atomic E-state index is 0.0114. The normalized spacial score (nSPS) is 14.1. The molecule has 8 heteroatoms. The number of nitrogens with zero attached hydrogens (tertiary/aromatic N) is 2. The van der Waals surface area contributed by atoms with Gasteiger partial charge in [0.2, 0.25) is 0 Å². The number of carbonyl (C=O) groups is 2. The van der Waals surface area contributed by atoms with Crippen LogP contribution in [0.4, 0.5) is 0 Å². The Bertz CT molecular complexity index is 914. The number of hydrogen-bond acceptors (Lipinski definition) is 4. The zero-order valence-electron chi connectivity index (χ0n) is 19.5. The van der Waals surface area contributed by atoms with E-state index in [1.807, 2.05) is 52.0 Å². The van der Waals surface area contributed by atoms with E-state index in [0.717, 1.165) is 49.1 Å². The summed E-state index contributed by atoms with van der Waals surface area (Å²) < 4.78 is 13.7. The van der Waals surface area contributed by atoms with E-state index in [1.165, 1.54) is 0 Å². The van der Waals surface area contributed by atoms with Crippen LogP contribution in [0.5, 0.6) is 11.5 Å². The molecule has 0 spiro atoms. The van der Waals surface area contributed by atoms with Gasteiger partial charge in [0.25, 0.3) is 11.8 Å². The number of halogens is 2. The molecule has 6 nitrogen and oxygen atoms in total. The summed E-state index contributed by atoms with van der Waals surface area (Å²) in [5.74, 6) is 1.36. The van der Waals surface area contributed by atoms with Crippen LogP contribution in [0, 0.1) is 27.7 Å². The highest BCUT2D eigenvalue weighted by Crippen LogP contribution is 2.28. The molecule has 1 heterocycles. The van der Waals surface area contributed by atoms with Crippen molar-refractivity contribution in [1.29, 1.82) is 0 Å². The van der Waals surface area contributed by atoms with Gasteiger partial charge < -0.3 is 19.3 Å². The van der Waals surface area contributed by atoms with Gasteiger partial charge in [-0.3, -0.25) is 9.59 Å². The maximum Gasteiger partial charge on any atom is 0.260 e. The molecule has 2 aromatic rings. The summed E-state index contributed by atoms with van der Waals surface area (Å²) in [6, 6.07) is 7.90. The standard InChI is InChI=1S/C25H30Br2N2O4/c1-16-10-20(26)11-17(2)24(16)32-14-22(30)28-6-5-7-29(9-8-28)23(31)15-33-25-18(3)12-21(27)13-19(25)4/h10-13H,5-9,14-15H2,1-4H3. The molecule has 0 saturated carbocycles. The van der Waals surface area contributed by atoms with Gasteiger partial charge in [0.05, 0.1) is 0 Å². The first kappa shape index (κ1) is 25.6. The van der Waals surface area contributed by atoms with Gasteiger partial charge >= 0.3 is 0 Å². The molecule has 1 saturated heterocycles. The zero-order chi connectivity index (χ0) is 24.1. The third kappa shape index (κ3) is 6.73. The predicted molar refractivity (Wildman–Crippen MR) is 136 cm³/mol. The van der Waals surface area contributed by atoms with E-state index in [9.17, 15) is 9.59 Å². The van der Waals surface area contributed by atoms with Crippen LogP contribution >= 0.6 is 31.9 Å². The molecule has 1 aliphatic rings. The van der Waals surface area contributed by atoms with Crippen molar-refractivity contribution in [2.75, 3.05) is 39.4 Å². The minimum atomic E-state index is -0.0663. The van der Waals surface area contributed by atoms with Gasteiger partial charge in [-0.25, -0.2) is 0 Å². The SMILES string of the molecule is Cc1cc(Br)cc(C)c1OCC(=O)N1CCCN(C(=O)COc2c(C)cc(Br)cc2C)CC1. The third-order valence-corrected chi connectivity index (χ3v) is 6.65. The van der Waals surface area contributed by atoms with E-state index in [-0.39, 0.29) is 25.0 Å². The first-order valence-corrected chi connectivity index (χ1v) is 12.6. The number of aryl methyl sites for hydroxylation is 4. The highest BCUT2D eigenvalue weighted by molar-refractivity contribution is 9.10. The number of carbonyl (C=O) groups excluding carboxylic acids is 2. The second-order valence-corrected chi connectivity index (χ2v) is 10.3. The van der Waals surface area contributed by atoms with Gasteiger partial charge in [0, 0.05) is 35.1 Å². The molecule has 3 rings (SSSR count). The monoisotopic (exact) mass is 580 g/mol. The van der Waals surface area contributed by atoms with Gasteiger partial charge in [-0.1, -0.05) is 31.9 Å². The van der Waals surface area contributed by atoms with Gasteiger partial charge in [-0.05, 0) is 80.6 Å². The van der Waals surface area contributed by atoms with Crippen molar-refractivity contribution in [1.82, 2.24) is 9.80 Å². The number of rotatable bonds is 6. The third-order valence-electron chi connectivity index (χ3n) is 5.73. The van der Waals surface area contributed by atoms with E-state index in [0.29, 0.717) is 26.2 Å². The molecule has 2 amide bonds. The lowest BCUT2D eigenvalue weighted by Gasteiger charge is -2.23. The van der Waals surface area contributed by atoms with Gasteiger partial charge in [-0.2, -0.15) is 0 Å². The first-order valence-electron chi connectivity index (χ1n) is 11.0. The van der Waals surface area contributed by atoms with E-state index in [1.54, 1.807) is 9.80 Å². The molecular formula is C25H30Br2N2O4. The number of amides is 2. The zero-order valence-corrected chi connectivity index (χ0v) is 22.7. The Balaban J connectivity index is 1.51. The molecule has 178 valence electrons. The van der Waals surface area contributed by atoms with Crippen molar-refractivity contribution < 1.29 is 19.1 Å². The van der Waals surface area contributed by atoms with Crippen LogP contribution in [0.3, 0.4) is 0 Å². The summed E-state index contributed by atoms with van der Waals surface area (Å²) in [6.07, 6.45) is 0.726. The molecule has 0 radical (unpaired) electrons. The lowest BCUT2D eigenvalue weighted by atomic mass is 10.1. The molecule has 1 fully saturated rings. The van der Waals surface area contributed by atoms with E-state index in [4.69, 9.17) is 9.47 Å². The molecule has 0 unspecified atom stereocenters. The summed E-state index contributed by atoms with van der Waals surface area (Å²) in [7, 11) is 0. The maximum absolute atomic E-state index is 12.8. The topological polar surface area (TPSA) is 59.1 Å². The molecule has 2 aromatic carbocycles. The van der Waals surface area contributed by atoms with Gasteiger partial charge in [-0.15, -0.1) is 0 Å². The smallest absolute Gasteiger partial charge is 0.260 e. The van der Waals surface area contributed by atoms with Crippen LogP contribution in [0.15, 0.2) is 33.2 Å². The average Bonchev–Trinajstić information content (AvgIpc) is 2.98. The Kier molecular flexibility index (Phi) is 8.82. The van der Waals surface area contributed by atoms with E-state index in [2.05, 4.69) is 31.9 Å². The van der Waals surface area contributed by atoms with Crippen molar-refractivity contribution >= 4 is 43.7 Å². The lowest BCUT2D eigenvalue weighted by molar-refractivity contribution is -0.135. The van der Waals surface area contributed by atoms with Gasteiger partial charge in [0.1, 0.15) is 11.5 Å². The van der Waals surface area contributed by atoms with Crippen molar-refractivity contribution in [2.45, 2.75) is 34.1 Å². The minimum Gasteiger partial charge on any atom is -0.483 e. The fourth-order valence-electron chi connectivity index (χ4n) is 4.12. The number of ether oxygens (including phenoxy) is 2. The molecule has 0 aromatic heterocycles. The van der Waals surface area contributed by atoms with Crippen LogP contribution in [0.1, 0.15) is 28.7 Å². The predicted octanol–water partition coefficient (Wildman–Crippen LogP) is 4.96. The highest BCUT2D eigenvalue weighted by atomic mass is 79.9. The Morgan fingerprint density at radius 1 is 0.697 bits per heavy atom. The fourth-order valence-corrected chi connectivity index (χ4v) is 5.49. The second kappa shape index (κ2) is 11.4. The molecule has 0 aliphatic carbocycles. The van der Waals surface area contributed by atoms with Crippen molar-refractivity contribution in [3.05, 3.63) is 55.5 Å². The molecule has 0 N–H and O–H groups in total. The number of benzene rings is 2. The lowest BCUT2D eigenvalue weighted by Crippen LogP contribution is -2.40. The van der Waals surface area contributed by atoms with Crippen LogP contribution in [0.25, 0.3) is 0 Å². The molecular weight excluding hydrogens is 552 g/mol.